The molecule has 0 rings (SSSR count). The Morgan fingerprint density at radius 2 is 2.18 bits per heavy atom. The quantitative estimate of drug-likeness (QED) is 0.569. The molecule has 0 spiro atoms. The summed E-state index contributed by atoms with van der Waals surface area (Å²) in [4.78, 5) is 10.7. The number of hydrogen-bond donors (Lipinski definition) is 2. The zero-order valence-electron chi connectivity index (χ0n) is 6.89. The lowest BCUT2D eigenvalue weighted by Gasteiger charge is -2.00. The molecule has 0 aliphatic rings. The van der Waals surface area contributed by atoms with Gasteiger partial charge in [-0.15, -0.1) is 0 Å². The van der Waals surface area contributed by atoms with E-state index in [1.807, 2.05) is 0 Å². The van der Waals surface area contributed by atoms with Gasteiger partial charge < -0.3 is 10.4 Å². The van der Waals surface area contributed by atoms with Crippen molar-refractivity contribution in [3.8, 4) is 0 Å². The zero-order valence-corrected chi connectivity index (χ0v) is 6.89. The minimum absolute atomic E-state index is 0.0216. The summed E-state index contributed by atoms with van der Waals surface area (Å²) in [5.41, 5.74) is 0.786. The number of carbonyl (C=O) groups excluding carboxylic acids is 1. The zero-order chi connectivity index (χ0) is 8.69. The van der Waals surface area contributed by atoms with Crippen LogP contribution in [0.4, 0.5) is 0 Å². The summed E-state index contributed by atoms with van der Waals surface area (Å²) in [5.74, 6) is 0.0377. The second-order valence-corrected chi connectivity index (χ2v) is 2.43. The van der Waals surface area contributed by atoms with E-state index in [9.17, 15) is 4.79 Å². The SMILES string of the molecule is C=C(CO)CCCC(=O)NC. The Morgan fingerprint density at radius 3 is 2.64 bits per heavy atom. The highest BCUT2D eigenvalue weighted by Gasteiger charge is 1.97. The van der Waals surface area contributed by atoms with Gasteiger partial charge in [0.05, 0.1) is 6.61 Å². The average molecular weight is 157 g/mol. The molecular formula is C8H15NO2. The third-order valence-corrected chi connectivity index (χ3v) is 1.44. The standard InChI is InChI=1S/C8H15NO2/c1-7(6-10)4-3-5-8(11)9-2/h10H,1,3-6H2,2H3,(H,9,11). The molecule has 2 N–H and O–H groups in total. The van der Waals surface area contributed by atoms with Crippen LogP contribution in [0.2, 0.25) is 0 Å². The van der Waals surface area contributed by atoms with E-state index in [0.29, 0.717) is 6.42 Å². The van der Waals surface area contributed by atoms with Gasteiger partial charge in [0.25, 0.3) is 0 Å². The summed E-state index contributed by atoms with van der Waals surface area (Å²) in [6, 6.07) is 0. The van der Waals surface area contributed by atoms with E-state index < -0.39 is 0 Å². The number of rotatable bonds is 5. The summed E-state index contributed by atoms with van der Waals surface area (Å²) in [6.45, 7) is 3.64. The lowest BCUT2D eigenvalue weighted by molar-refractivity contribution is -0.120. The fourth-order valence-corrected chi connectivity index (χ4v) is 0.703. The van der Waals surface area contributed by atoms with Crippen molar-refractivity contribution in [1.29, 1.82) is 0 Å². The molecule has 3 nitrogen and oxygen atoms in total. The lowest BCUT2D eigenvalue weighted by Crippen LogP contribution is -2.16. The van der Waals surface area contributed by atoms with Crippen LogP contribution in [0.3, 0.4) is 0 Å². The first-order chi connectivity index (χ1) is 5.20. The number of carbonyl (C=O) groups is 1. The van der Waals surface area contributed by atoms with Crippen molar-refractivity contribution in [2.45, 2.75) is 19.3 Å². The number of hydrogen-bond acceptors (Lipinski definition) is 2. The summed E-state index contributed by atoms with van der Waals surface area (Å²) in [6.07, 6.45) is 2.00. The summed E-state index contributed by atoms with van der Waals surface area (Å²) in [5, 5.41) is 11.1. The molecule has 0 fully saturated rings. The van der Waals surface area contributed by atoms with Gasteiger partial charge in [-0.05, 0) is 12.8 Å². The van der Waals surface area contributed by atoms with Crippen molar-refractivity contribution in [1.82, 2.24) is 5.32 Å². The van der Waals surface area contributed by atoms with E-state index >= 15 is 0 Å². The van der Waals surface area contributed by atoms with Gasteiger partial charge in [0.15, 0.2) is 0 Å². The van der Waals surface area contributed by atoms with Gasteiger partial charge in [0, 0.05) is 13.5 Å². The fourth-order valence-electron chi connectivity index (χ4n) is 0.703. The van der Waals surface area contributed by atoms with Gasteiger partial charge in [-0.3, -0.25) is 4.79 Å². The van der Waals surface area contributed by atoms with Crippen molar-refractivity contribution in [2.24, 2.45) is 0 Å². The first-order valence-electron chi connectivity index (χ1n) is 3.68. The van der Waals surface area contributed by atoms with E-state index in [0.717, 1.165) is 18.4 Å². The van der Waals surface area contributed by atoms with Crippen molar-refractivity contribution in [3.05, 3.63) is 12.2 Å². The van der Waals surface area contributed by atoms with Gasteiger partial charge in [0.1, 0.15) is 0 Å². The van der Waals surface area contributed by atoms with Crippen molar-refractivity contribution in [2.75, 3.05) is 13.7 Å². The fraction of sp³-hybridized carbons (Fsp3) is 0.625. The van der Waals surface area contributed by atoms with E-state index in [1.54, 1.807) is 7.05 Å². The molecule has 3 heteroatoms. The predicted molar refractivity (Wildman–Crippen MR) is 44.1 cm³/mol. The Bertz CT molecular complexity index is 127. The number of aliphatic hydroxyl groups excluding tert-OH is 1. The molecule has 0 radical (unpaired) electrons. The smallest absolute Gasteiger partial charge is 0.219 e. The maximum absolute atomic E-state index is 10.7. The number of nitrogens with one attached hydrogen (secondary N) is 1. The molecule has 64 valence electrons. The van der Waals surface area contributed by atoms with Crippen LogP contribution in [-0.2, 0) is 4.79 Å². The highest BCUT2D eigenvalue weighted by Crippen LogP contribution is 2.03. The molecule has 0 aliphatic heterocycles. The Kier molecular flexibility index (Phi) is 5.47. The maximum Gasteiger partial charge on any atom is 0.219 e. The average Bonchev–Trinajstić information content (AvgIpc) is 2.04. The molecule has 0 unspecified atom stereocenters. The second-order valence-electron chi connectivity index (χ2n) is 2.43. The van der Waals surface area contributed by atoms with Crippen molar-refractivity contribution >= 4 is 5.91 Å². The largest absolute Gasteiger partial charge is 0.392 e. The van der Waals surface area contributed by atoms with E-state index in [4.69, 9.17) is 5.11 Å². The maximum atomic E-state index is 10.7. The van der Waals surface area contributed by atoms with Crippen molar-refractivity contribution in [3.63, 3.8) is 0 Å². The van der Waals surface area contributed by atoms with Gasteiger partial charge in [-0.2, -0.15) is 0 Å². The Labute approximate surface area is 67.1 Å². The molecule has 0 aromatic heterocycles. The molecule has 0 aromatic rings. The number of amides is 1. The Hall–Kier alpha value is -0.830. The van der Waals surface area contributed by atoms with Crippen molar-refractivity contribution < 1.29 is 9.90 Å². The summed E-state index contributed by atoms with van der Waals surface area (Å²) >= 11 is 0. The monoisotopic (exact) mass is 157 g/mol. The first-order valence-corrected chi connectivity index (χ1v) is 3.68. The van der Waals surface area contributed by atoms with Crippen LogP contribution in [0, 0.1) is 0 Å². The van der Waals surface area contributed by atoms with E-state index in [-0.39, 0.29) is 12.5 Å². The number of aliphatic hydroxyl groups is 1. The van der Waals surface area contributed by atoms with Crippen LogP contribution >= 0.6 is 0 Å². The molecular weight excluding hydrogens is 142 g/mol. The molecule has 0 saturated carbocycles. The van der Waals surface area contributed by atoms with Gasteiger partial charge in [-0.25, -0.2) is 0 Å². The molecule has 0 bridgehead atoms. The molecule has 1 amide bonds. The molecule has 0 heterocycles. The van der Waals surface area contributed by atoms with E-state index in [2.05, 4.69) is 11.9 Å². The molecule has 0 aromatic carbocycles. The normalized spacial score (nSPS) is 9.27. The third-order valence-electron chi connectivity index (χ3n) is 1.44. The van der Waals surface area contributed by atoms with Crippen LogP contribution < -0.4 is 5.32 Å². The van der Waals surface area contributed by atoms with Crippen LogP contribution in [0.1, 0.15) is 19.3 Å². The predicted octanol–water partition coefficient (Wildman–Crippen LogP) is 0.451. The Balaban J connectivity index is 3.27. The van der Waals surface area contributed by atoms with Gasteiger partial charge in [-0.1, -0.05) is 12.2 Å². The first kappa shape index (κ1) is 10.2. The minimum atomic E-state index is 0.0216. The second kappa shape index (κ2) is 5.92. The topological polar surface area (TPSA) is 49.3 Å². The van der Waals surface area contributed by atoms with E-state index in [1.165, 1.54) is 0 Å². The van der Waals surface area contributed by atoms with Crippen LogP contribution in [0.25, 0.3) is 0 Å². The van der Waals surface area contributed by atoms with Crippen LogP contribution in [-0.4, -0.2) is 24.7 Å². The molecule has 0 aliphatic carbocycles. The minimum Gasteiger partial charge on any atom is -0.392 e. The third kappa shape index (κ3) is 5.61. The highest BCUT2D eigenvalue weighted by atomic mass is 16.3. The highest BCUT2D eigenvalue weighted by molar-refractivity contribution is 5.75. The summed E-state index contributed by atoms with van der Waals surface area (Å²) in [7, 11) is 1.61. The van der Waals surface area contributed by atoms with Gasteiger partial charge >= 0.3 is 0 Å². The Morgan fingerprint density at radius 1 is 1.55 bits per heavy atom. The van der Waals surface area contributed by atoms with Gasteiger partial charge in [0.2, 0.25) is 5.91 Å². The lowest BCUT2D eigenvalue weighted by atomic mass is 10.1. The molecule has 0 saturated heterocycles. The molecule has 0 atom stereocenters. The van der Waals surface area contributed by atoms with Crippen LogP contribution in [0.5, 0.6) is 0 Å². The molecule has 11 heavy (non-hydrogen) atoms. The summed E-state index contributed by atoms with van der Waals surface area (Å²) < 4.78 is 0. The van der Waals surface area contributed by atoms with Crippen LogP contribution in [0.15, 0.2) is 12.2 Å².